The van der Waals surface area contributed by atoms with E-state index in [1.54, 1.807) is 6.92 Å². The fraction of sp³-hybridized carbons (Fsp3) is 0.375. The normalized spacial score (nSPS) is 15.0. The van der Waals surface area contributed by atoms with Gasteiger partial charge in [0.25, 0.3) is 0 Å². The smallest absolute Gasteiger partial charge is 0.324 e. The Balaban J connectivity index is 1.82. The summed E-state index contributed by atoms with van der Waals surface area (Å²) in [4.78, 5) is 12.1. The number of amides is 1. The van der Waals surface area contributed by atoms with Crippen LogP contribution in [0.3, 0.4) is 0 Å². The standard InChI is InChI=1S/C16H17F3N4O3S/c1-9-2-5-11(27(20,25)26)6-12(9)21-15(24)8-23-13(10-3-4-10)7-14(22-23)16(17,18)19/h2,5-7,10H,3-4,8H2,1H3,(H,21,24)(H2,20,25,26). The Morgan fingerprint density at radius 3 is 2.56 bits per heavy atom. The summed E-state index contributed by atoms with van der Waals surface area (Å²) in [6.45, 7) is 1.23. The maximum absolute atomic E-state index is 12.9. The second-order valence-electron chi connectivity index (χ2n) is 6.45. The minimum absolute atomic E-state index is 0.0335. The van der Waals surface area contributed by atoms with E-state index in [2.05, 4.69) is 10.4 Å². The lowest BCUT2D eigenvalue weighted by atomic mass is 10.2. The van der Waals surface area contributed by atoms with Crippen molar-refractivity contribution in [3.63, 3.8) is 0 Å². The first-order valence-corrected chi connectivity index (χ1v) is 9.58. The Bertz CT molecular complexity index is 995. The third kappa shape index (κ3) is 4.48. The molecule has 0 spiro atoms. The molecule has 1 heterocycles. The van der Waals surface area contributed by atoms with E-state index in [1.165, 1.54) is 18.2 Å². The number of nitrogens with zero attached hydrogens (tertiary/aromatic N) is 2. The number of nitrogens with one attached hydrogen (secondary N) is 1. The highest BCUT2D eigenvalue weighted by Gasteiger charge is 2.38. The highest BCUT2D eigenvalue weighted by Crippen LogP contribution is 2.42. The number of primary sulfonamides is 1. The van der Waals surface area contributed by atoms with Gasteiger partial charge in [-0.3, -0.25) is 9.48 Å². The van der Waals surface area contributed by atoms with Crippen LogP contribution in [-0.4, -0.2) is 24.1 Å². The minimum atomic E-state index is -4.59. The summed E-state index contributed by atoms with van der Waals surface area (Å²) >= 11 is 0. The zero-order valence-corrected chi connectivity index (χ0v) is 15.1. The number of nitrogens with two attached hydrogens (primary N) is 1. The van der Waals surface area contributed by atoms with Gasteiger partial charge in [-0.25, -0.2) is 13.6 Å². The molecule has 1 saturated carbocycles. The van der Waals surface area contributed by atoms with E-state index in [4.69, 9.17) is 5.14 Å². The number of halogens is 3. The van der Waals surface area contributed by atoms with E-state index in [0.29, 0.717) is 11.3 Å². The molecule has 3 rings (SSSR count). The van der Waals surface area contributed by atoms with E-state index < -0.39 is 34.3 Å². The molecular weight excluding hydrogens is 385 g/mol. The van der Waals surface area contributed by atoms with Crippen LogP contribution in [0, 0.1) is 6.92 Å². The fourth-order valence-corrected chi connectivity index (χ4v) is 3.18. The first kappa shape index (κ1) is 19.4. The maximum Gasteiger partial charge on any atom is 0.435 e. The Kier molecular flexibility index (Phi) is 4.76. The number of rotatable bonds is 5. The van der Waals surface area contributed by atoms with Gasteiger partial charge in [-0.05, 0) is 43.5 Å². The van der Waals surface area contributed by atoms with Crippen LogP contribution in [0.1, 0.15) is 35.7 Å². The lowest BCUT2D eigenvalue weighted by molar-refractivity contribution is -0.141. The number of hydrogen-bond acceptors (Lipinski definition) is 4. The predicted molar refractivity (Wildman–Crippen MR) is 90.4 cm³/mol. The summed E-state index contributed by atoms with van der Waals surface area (Å²) in [5, 5.41) is 11.1. The number of carbonyl (C=O) groups is 1. The number of anilines is 1. The average molecular weight is 402 g/mol. The fourth-order valence-electron chi connectivity index (χ4n) is 2.64. The van der Waals surface area contributed by atoms with Crippen molar-refractivity contribution in [1.29, 1.82) is 0 Å². The van der Waals surface area contributed by atoms with Crippen molar-refractivity contribution in [2.45, 2.75) is 43.3 Å². The first-order chi connectivity index (χ1) is 12.4. The van der Waals surface area contributed by atoms with Crippen LogP contribution < -0.4 is 10.5 Å². The van der Waals surface area contributed by atoms with E-state index in [1.807, 2.05) is 0 Å². The highest BCUT2D eigenvalue weighted by atomic mass is 32.2. The second-order valence-corrected chi connectivity index (χ2v) is 8.02. The van der Waals surface area contributed by atoms with Gasteiger partial charge in [0.15, 0.2) is 5.69 Å². The molecule has 3 N–H and O–H groups in total. The lowest BCUT2D eigenvalue weighted by Gasteiger charge is -2.11. The lowest BCUT2D eigenvalue weighted by Crippen LogP contribution is -2.22. The van der Waals surface area contributed by atoms with Crippen molar-refractivity contribution in [2.75, 3.05) is 5.32 Å². The second kappa shape index (κ2) is 6.64. The van der Waals surface area contributed by atoms with Crippen molar-refractivity contribution in [2.24, 2.45) is 5.14 Å². The maximum atomic E-state index is 12.9. The van der Waals surface area contributed by atoms with E-state index in [-0.39, 0.29) is 16.5 Å². The van der Waals surface area contributed by atoms with Crippen molar-refractivity contribution in [3.8, 4) is 0 Å². The SMILES string of the molecule is Cc1ccc(S(N)(=O)=O)cc1NC(=O)Cn1nc(C(F)(F)F)cc1C1CC1. The zero-order chi connectivity index (χ0) is 20.0. The van der Waals surface area contributed by atoms with Crippen molar-refractivity contribution in [3.05, 3.63) is 41.2 Å². The molecule has 11 heteroatoms. The molecule has 0 aliphatic heterocycles. The van der Waals surface area contributed by atoms with E-state index in [0.717, 1.165) is 23.6 Å². The Morgan fingerprint density at radius 1 is 1.33 bits per heavy atom. The van der Waals surface area contributed by atoms with Gasteiger partial charge in [0.1, 0.15) is 6.54 Å². The van der Waals surface area contributed by atoms with Gasteiger partial charge in [0, 0.05) is 17.3 Å². The Labute approximate surface area is 153 Å². The molecule has 0 bridgehead atoms. The summed E-state index contributed by atoms with van der Waals surface area (Å²) in [6.07, 6.45) is -3.09. The van der Waals surface area contributed by atoms with Crippen LogP contribution in [-0.2, 0) is 27.5 Å². The monoisotopic (exact) mass is 402 g/mol. The Hall–Kier alpha value is -2.40. The molecule has 1 amide bonds. The molecule has 1 aromatic carbocycles. The highest BCUT2D eigenvalue weighted by molar-refractivity contribution is 7.89. The Morgan fingerprint density at radius 2 is 2.00 bits per heavy atom. The number of carbonyl (C=O) groups excluding carboxylic acids is 1. The first-order valence-electron chi connectivity index (χ1n) is 8.03. The zero-order valence-electron chi connectivity index (χ0n) is 14.2. The van der Waals surface area contributed by atoms with Gasteiger partial charge in [0.2, 0.25) is 15.9 Å². The summed E-state index contributed by atoms with van der Waals surface area (Å²) in [7, 11) is -3.95. The van der Waals surface area contributed by atoms with Crippen molar-refractivity contribution in [1.82, 2.24) is 9.78 Å². The average Bonchev–Trinajstić information content (AvgIpc) is 3.28. The molecule has 0 unspecified atom stereocenters. The number of hydrogen-bond donors (Lipinski definition) is 2. The van der Waals surface area contributed by atoms with Gasteiger partial charge in [-0.15, -0.1) is 0 Å². The van der Waals surface area contributed by atoms with Gasteiger partial charge >= 0.3 is 6.18 Å². The summed E-state index contributed by atoms with van der Waals surface area (Å²) in [5.74, 6) is -0.655. The predicted octanol–water partition coefficient (Wildman–Crippen LogP) is 2.37. The summed E-state index contributed by atoms with van der Waals surface area (Å²) < 4.78 is 62.7. The number of aromatic nitrogens is 2. The molecule has 2 aromatic rings. The van der Waals surface area contributed by atoms with E-state index >= 15 is 0 Å². The van der Waals surface area contributed by atoms with Crippen LogP contribution in [0.5, 0.6) is 0 Å². The van der Waals surface area contributed by atoms with Crippen molar-refractivity contribution >= 4 is 21.6 Å². The molecule has 1 fully saturated rings. The van der Waals surface area contributed by atoms with Gasteiger partial charge in [-0.1, -0.05) is 6.07 Å². The topological polar surface area (TPSA) is 107 Å². The summed E-state index contributed by atoms with van der Waals surface area (Å²) in [6, 6.07) is 4.95. The number of aryl methyl sites for hydroxylation is 1. The molecule has 146 valence electrons. The number of alkyl halides is 3. The van der Waals surface area contributed by atoms with Gasteiger partial charge in [-0.2, -0.15) is 18.3 Å². The van der Waals surface area contributed by atoms with Crippen LogP contribution in [0.25, 0.3) is 0 Å². The minimum Gasteiger partial charge on any atom is -0.324 e. The molecule has 0 saturated heterocycles. The van der Waals surface area contributed by atoms with Gasteiger partial charge < -0.3 is 5.32 Å². The summed E-state index contributed by atoms with van der Waals surface area (Å²) in [5.41, 5.74) is 0.120. The largest absolute Gasteiger partial charge is 0.435 e. The molecule has 0 atom stereocenters. The van der Waals surface area contributed by atoms with Crippen molar-refractivity contribution < 1.29 is 26.4 Å². The van der Waals surface area contributed by atoms with Crippen LogP contribution in [0.15, 0.2) is 29.2 Å². The molecule has 1 aliphatic rings. The molecule has 0 radical (unpaired) electrons. The molecular formula is C16H17F3N4O3S. The van der Waals surface area contributed by atoms with Gasteiger partial charge in [0.05, 0.1) is 4.90 Å². The van der Waals surface area contributed by atoms with E-state index in [9.17, 15) is 26.4 Å². The quantitative estimate of drug-likeness (QED) is 0.801. The molecule has 1 aromatic heterocycles. The molecule has 1 aliphatic carbocycles. The van der Waals surface area contributed by atoms with Crippen LogP contribution >= 0.6 is 0 Å². The van der Waals surface area contributed by atoms with Crippen LogP contribution in [0.4, 0.5) is 18.9 Å². The molecule has 27 heavy (non-hydrogen) atoms. The number of benzene rings is 1. The number of sulfonamides is 1. The molecule has 7 nitrogen and oxygen atoms in total. The van der Waals surface area contributed by atoms with Crippen LogP contribution in [0.2, 0.25) is 0 Å². The third-order valence-corrected chi connectivity index (χ3v) is 5.11. The third-order valence-electron chi connectivity index (χ3n) is 4.20.